The fraction of sp³-hybridized carbons (Fsp3) is 0.704. The molecule has 0 aromatic heterocycles. The first-order valence-corrected chi connectivity index (χ1v) is 12.2. The molecule has 0 spiro atoms. The SMILES string of the molecule is CC(C)N(C(=O)[C@H]1CCC2C3C=CC4=CC(C(=O)O)=CC[C@]4(C)C3CC[C@@]21C)C(C)C. The van der Waals surface area contributed by atoms with Crippen LogP contribution in [0.4, 0.5) is 0 Å². The number of aliphatic carboxylic acids is 1. The van der Waals surface area contributed by atoms with E-state index in [9.17, 15) is 14.7 Å². The summed E-state index contributed by atoms with van der Waals surface area (Å²) in [6, 6.07) is 0.454. The Hall–Kier alpha value is -1.84. The molecule has 3 unspecified atom stereocenters. The van der Waals surface area contributed by atoms with Crippen LogP contribution < -0.4 is 0 Å². The minimum atomic E-state index is -0.835. The lowest BCUT2D eigenvalue weighted by Crippen LogP contribution is -2.52. The van der Waals surface area contributed by atoms with E-state index in [1.54, 1.807) is 0 Å². The van der Waals surface area contributed by atoms with Gasteiger partial charge < -0.3 is 10.0 Å². The lowest BCUT2D eigenvalue weighted by atomic mass is 9.49. The zero-order valence-electron chi connectivity index (χ0n) is 20.0. The summed E-state index contributed by atoms with van der Waals surface area (Å²) in [5.41, 5.74) is 1.65. The van der Waals surface area contributed by atoms with Crippen molar-refractivity contribution >= 4 is 11.9 Å². The quantitative estimate of drug-likeness (QED) is 0.637. The molecule has 2 fully saturated rings. The van der Waals surface area contributed by atoms with Crippen molar-refractivity contribution in [3.05, 3.63) is 35.5 Å². The van der Waals surface area contributed by atoms with Crippen LogP contribution in [0.25, 0.3) is 0 Å². The Morgan fingerprint density at radius 3 is 2.35 bits per heavy atom. The maximum Gasteiger partial charge on any atom is 0.335 e. The van der Waals surface area contributed by atoms with Gasteiger partial charge in [-0.25, -0.2) is 4.79 Å². The van der Waals surface area contributed by atoms with Crippen molar-refractivity contribution in [1.29, 1.82) is 0 Å². The molecule has 1 N–H and O–H groups in total. The first-order valence-electron chi connectivity index (χ1n) is 12.2. The number of rotatable bonds is 4. The number of carbonyl (C=O) groups excluding carboxylic acids is 1. The van der Waals surface area contributed by atoms with Crippen LogP contribution in [0.1, 0.15) is 73.6 Å². The molecule has 170 valence electrons. The number of fused-ring (bicyclic) bond motifs is 5. The smallest absolute Gasteiger partial charge is 0.335 e. The second-order valence-electron chi connectivity index (χ2n) is 11.4. The first kappa shape index (κ1) is 22.4. The zero-order chi connectivity index (χ0) is 22.7. The van der Waals surface area contributed by atoms with Crippen molar-refractivity contribution in [2.24, 2.45) is 34.5 Å². The van der Waals surface area contributed by atoms with Crippen molar-refractivity contribution in [2.45, 2.75) is 85.7 Å². The molecule has 1 amide bonds. The molecule has 0 aromatic carbocycles. The van der Waals surface area contributed by atoms with E-state index in [2.05, 4.69) is 58.6 Å². The lowest BCUT2D eigenvalue weighted by molar-refractivity contribution is -0.145. The maximum atomic E-state index is 13.7. The molecule has 2 saturated carbocycles. The number of hydrogen-bond acceptors (Lipinski definition) is 2. The van der Waals surface area contributed by atoms with Crippen molar-refractivity contribution in [2.75, 3.05) is 0 Å². The maximum absolute atomic E-state index is 13.7. The number of hydrogen-bond donors (Lipinski definition) is 1. The third kappa shape index (κ3) is 3.32. The van der Waals surface area contributed by atoms with E-state index in [0.29, 0.717) is 29.2 Å². The van der Waals surface area contributed by atoms with Crippen molar-refractivity contribution in [3.63, 3.8) is 0 Å². The molecule has 4 nitrogen and oxygen atoms in total. The van der Waals surface area contributed by atoms with E-state index in [1.807, 2.05) is 12.2 Å². The summed E-state index contributed by atoms with van der Waals surface area (Å²) in [4.78, 5) is 27.3. The Bertz CT molecular complexity index is 858. The number of nitrogens with zero attached hydrogens (tertiary/aromatic N) is 1. The molecule has 0 bridgehead atoms. The highest BCUT2D eigenvalue weighted by Gasteiger charge is 2.59. The minimum absolute atomic E-state index is 0.00366. The van der Waals surface area contributed by atoms with Crippen molar-refractivity contribution < 1.29 is 14.7 Å². The molecule has 4 aliphatic carbocycles. The van der Waals surface area contributed by atoms with Crippen LogP contribution in [-0.2, 0) is 9.59 Å². The summed E-state index contributed by atoms with van der Waals surface area (Å²) in [7, 11) is 0. The van der Waals surface area contributed by atoms with Crippen molar-refractivity contribution in [1.82, 2.24) is 4.90 Å². The average molecular weight is 426 g/mol. The predicted molar refractivity (Wildman–Crippen MR) is 123 cm³/mol. The standard InChI is InChI=1S/C27H39NO3/c1-16(2)28(17(3)4)24(29)23-10-9-21-20-8-7-19-15-18(25(30)31)11-13-26(19,5)22(20)12-14-27(21,23)6/h7-8,11,15-17,20-23H,9-10,12-14H2,1-6H3,(H,30,31)/t20?,21?,22?,23-,26+,27+/m1/s1. The summed E-state index contributed by atoms with van der Waals surface area (Å²) in [6.45, 7) is 13.2. The summed E-state index contributed by atoms with van der Waals surface area (Å²) in [6.07, 6.45) is 13.5. The predicted octanol–water partition coefficient (Wildman–Crippen LogP) is 5.61. The minimum Gasteiger partial charge on any atom is -0.478 e. The molecule has 4 aliphatic rings. The van der Waals surface area contributed by atoms with Gasteiger partial charge in [0.15, 0.2) is 0 Å². The molecule has 6 atom stereocenters. The van der Waals surface area contributed by atoms with E-state index in [1.165, 1.54) is 5.57 Å². The van der Waals surface area contributed by atoms with E-state index in [-0.39, 0.29) is 28.8 Å². The Morgan fingerprint density at radius 1 is 1.06 bits per heavy atom. The van der Waals surface area contributed by atoms with E-state index < -0.39 is 5.97 Å². The Kier molecular flexibility index (Phi) is 5.51. The van der Waals surface area contributed by atoms with Crippen LogP contribution in [-0.4, -0.2) is 34.0 Å². The van der Waals surface area contributed by atoms with Gasteiger partial charge in [0.1, 0.15) is 0 Å². The van der Waals surface area contributed by atoms with Gasteiger partial charge in [0.2, 0.25) is 5.91 Å². The van der Waals surface area contributed by atoms with Crippen molar-refractivity contribution in [3.8, 4) is 0 Å². The van der Waals surface area contributed by atoms with Crippen LogP contribution in [0, 0.1) is 34.5 Å². The average Bonchev–Trinajstić information content (AvgIpc) is 3.03. The largest absolute Gasteiger partial charge is 0.478 e. The van der Waals surface area contributed by atoms with Gasteiger partial charge in [0.25, 0.3) is 0 Å². The second kappa shape index (κ2) is 7.64. The zero-order valence-corrected chi connectivity index (χ0v) is 20.0. The number of amides is 1. The summed E-state index contributed by atoms with van der Waals surface area (Å²) in [5, 5.41) is 9.43. The van der Waals surface area contributed by atoms with Gasteiger partial charge in [0, 0.05) is 18.0 Å². The summed E-state index contributed by atoms with van der Waals surface area (Å²) < 4.78 is 0. The van der Waals surface area contributed by atoms with Gasteiger partial charge in [-0.2, -0.15) is 0 Å². The molecule has 0 aliphatic heterocycles. The highest BCUT2D eigenvalue weighted by atomic mass is 16.4. The van der Waals surface area contributed by atoms with E-state index in [0.717, 1.165) is 32.1 Å². The van der Waals surface area contributed by atoms with Gasteiger partial charge in [0.05, 0.1) is 5.57 Å². The van der Waals surface area contributed by atoms with Gasteiger partial charge in [-0.1, -0.05) is 32.1 Å². The highest BCUT2D eigenvalue weighted by Crippen LogP contribution is 2.65. The monoisotopic (exact) mass is 425 g/mol. The van der Waals surface area contributed by atoms with Crippen LogP contribution in [0.2, 0.25) is 0 Å². The van der Waals surface area contributed by atoms with E-state index in [4.69, 9.17) is 0 Å². The fourth-order valence-corrected chi connectivity index (χ4v) is 7.70. The molecule has 0 heterocycles. The Labute approximate surface area is 187 Å². The number of carboxylic acids is 1. The second-order valence-corrected chi connectivity index (χ2v) is 11.4. The first-order chi connectivity index (χ1) is 14.5. The normalized spacial score (nSPS) is 38.8. The molecule has 4 heteroatoms. The number of allylic oxidation sites excluding steroid dienone is 4. The van der Waals surface area contributed by atoms with Crippen LogP contribution in [0.5, 0.6) is 0 Å². The lowest BCUT2D eigenvalue weighted by Gasteiger charge is -2.56. The van der Waals surface area contributed by atoms with Crippen LogP contribution in [0.15, 0.2) is 35.5 Å². The molecule has 0 saturated heterocycles. The fourth-order valence-electron chi connectivity index (χ4n) is 7.70. The molecule has 4 rings (SSSR count). The summed E-state index contributed by atoms with van der Waals surface area (Å²) in [5.74, 6) is 1.16. The third-order valence-electron chi connectivity index (χ3n) is 9.28. The Morgan fingerprint density at radius 2 is 1.74 bits per heavy atom. The Balaban J connectivity index is 1.63. The molecule has 31 heavy (non-hydrogen) atoms. The number of carboxylic acid groups (broad SMARTS) is 1. The van der Waals surface area contributed by atoms with Gasteiger partial charge >= 0.3 is 5.97 Å². The van der Waals surface area contributed by atoms with E-state index >= 15 is 0 Å². The summed E-state index contributed by atoms with van der Waals surface area (Å²) >= 11 is 0. The highest BCUT2D eigenvalue weighted by molar-refractivity contribution is 5.90. The van der Waals surface area contributed by atoms with Crippen LogP contribution >= 0.6 is 0 Å². The molecular formula is C27H39NO3. The topological polar surface area (TPSA) is 57.6 Å². The molecule has 0 radical (unpaired) electrons. The molecule has 0 aromatic rings. The van der Waals surface area contributed by atoms with Crippen LogP contribution in [0.3, 0.4) is 0 Å². The number of carbonyl (C=O) groups is 2. The third-order valence-corrected chi connectivity index (χ3v) is 9.28. The van der Waals surface area contributed by atoms with Gasteiger partial charge in [-0.3, -0.25) is 4.79 Å². The molecular weight excluding hydrogens is 386 g/mol. The van der Waals surface area contributed by atoms with Gasteiger partial charge in [-0.05, 0) is 100 Å². The van der Waals surface area contributed by atoms with Gasteiger partial charge in [-0.15, -0.1) is 0 Å².